The summed E-state index contributed by atoms with van der Waals surface area (Å²) in [6, 6.07) is 5.64. The fourth-order valence-electron chi connectivity index (χ4n) is 4.36. The van der Waals surface area contributed by atoms with E-state index < -0.39 is 0 Å². The first-order valence-electron chi connectivity index (χ1n) is 11.3. The van der Waals surface area contributed by atoms with Crippen LogP contribution in [0.4, 0.5) is 0 Å². The summed E-state index contributed by atoms with van der Waals surface area (Å²) in [5.41, 5.74) is 2.71. The van der Waals surface area contributed by atoms with Crippen LogP contribution >= 0.6 is 46.3 Å². The maximum absolute atomic E-state index is 12.5. The highest BCUT2D eigenvalue weighted by Crippen LogP contribution is 2.29. The van der Waals surface area contributed by atoms with Crippen LogP contribution in [0.3, 0.4) is 0 Å². The molecule has 1 aromatic heterocycles. The number of nitrogens with one attached hydrogen (secondary N) is 1. The molecular formula is C24H22Cl2N4O4S2. The lowest BCUT2D eigenvalue weighted by atomic mass is 9.99. The normalized spacial score (nSPS) is 19.2. The molecule has 1 aliphatic heterocycles. The van der Waals surface area contributed by atoms with Gasteiger partial charge in [-0.1, -0.05) is 47.1 Å². The van der Waals surface area contributed by atoms with Crippen LogP contribution in [0.25, 0.3) is 11.6 Å². The number of benzene rings is 1. The van der Waals surface area contributed by atoms with Crippen molar-refractivity contribution < 1.29 is 14.5 Å². The van der Waals surface area contributed by atoms with E-state index in [0.717, 1.165) is 38.4 Å². The maximum Gasteiger partial charge on any atom is 0.276 e. The van der Waals surface area contributed by atoms with Crippen LogP contribution in [0.1, 0.15) is 12.0 Å². The average Bonchev–Trinajstić information content (AvgIpc) is 3.41. The number of rotatable bonds is 8. The van der Waals surface area contributed by atoms with E-state index in [1.807, 2.05) is 18.2 Å². The molecule has 1 fully saturated rings. The van der Waals surface area contributed by atoms with E-state index in [0.29, 0.717) is 41.7 Å². The van der Waals surface area contributed by atoms with Crippen molar-refractivity contribution in [1.82, 2.24) is 15.2 Å². The number of thiazole rings is 1. The first-order valence-corrected chi connectivity index (χ1v) is 13.9. The standard InChI is InChI=1S/C24H22Cl2N4O4S2/c25-18-5-4-14(8-19(18)26)11-29-6-7-34-15(12-29)10-27-22(31)13-35-24-28-23-16-2-1-3-20(30(32)33)17(16)9-21(23)36-24/h1,3-5,8-9,15H,2,6-7,10-13H2,(H,27,31). The van der Waals surface area contributed by atoms with Gasteiger partial charge < -0.3 is 10.1 Å². The molecule has 1 unspecified atom stereocenters. The smallest absolute Gasteiger partial charge is 0.276 e. The lowest BCUT2D eigenvalue weighted by Crippen LogP contribution is -2.47. The number of fused-ring (bicyclic) bond motifs is 2. The van der Waals surface area contributed by atoms with Gasteiger partial charge in [-0.05, 0) is 35.8 Å². The van der Waals surface area contributed by atoms with Crippen LogP contribution in [-0.4, -0.2) is 58.8 Å². The lowest BCUT2D eigenvalue weighted by Gasteiger charge is -2.33. The number of aromatic nitrogens is 1. The topological polar surface area (TPSA) is 97.6 Å². The van der Waals surface area contributed by atoms with Crippen molar-refractivity contribution in [3.8, 4) is 0 Å². The summed E-state index contributed by atoms with van der Waals surface area (Å²) >= 11 is 15.0. The predicted octanol–water partition coefficient (Wildman–Crippen LogP) is 2.99. The Hall–Kier alpha value is -2.21. The molecule has 0 radical (unpaired) electrons. The minimum absolute atomic E-state index is 0.0889. The second-order valence-corrected chi connectivity index (χ2v) is 11.6. The summed E-state index contributed by atoms with van der Waals surface area (Å²) in [6.07, 6.45) is 5.70. The molecule has 3 aliphatic rings. The SMILES string of the molecule is O=C(CSc1nc2c(s1)=CC1=C([N+](=O)[O-])C=CCC=21)NCC1CN(Cc2ccc(Cl)c(Cl)c2)CCO1. The van der Waals surface area contributed by atoms with Crippen LogP contribution in [0.15, 0.2) is 46.0 Å². The minimum atomic E-state index is -0.361. The largest absolute Gasteiger partial charge is 0.374 e. The summed E-state index contributed by atoms with van der Waals surface area (Å²) in [5.74, 6) is 0.151. The van der Waals surface area contributed by atoms with Crippen molar-refractivity contribution >= 4 is 63.9 Å². The zero-order valence-electron chi connectivity index (χ0n) is 19.0. The highest BCUT2D eigenvalue weighted by Gasteiger charge is 2.26. The van der Waals surface area contributed by atoms with Gasteiger partial charge in [0.05, 0.1) is 48.9 Å². The van der Waals surface area contributed by atoms with Gasteiger partial charge in [0.25, 0.3) is 5.70 Å². The van der Waals surface area contributed by atoms with E-state index in [-0.39, 0.29) is 28.4 Å². The van der Waals surface area contributed by atoms with Gasteiger partial charge in [0, 0.05) is 32.3 Å². The van der Waals surface area contributed by atoms with Crippen LogP contribution in [0.5, 0.6) is 0 Å². The molecule has 1 N–H and O–H groups in total. The Kier molecular flexibility index (Phi) is 7.80. The Balaban J connectivity index is 1.11. The van der Waals surface area contributed by atoms with Gasteiger partial charge in [-0.25, -0.2) is 4.98 Å². The van der Waals surface area contributed by atoms with E-state index in [4.69, 9.17) is 27.9 Å². The zero-order valence-corrected chi connectivity index (χ0v) is 22.2. The Bertz CT molecular complexity index is 1410. The number of hydrogen-bond acceptors (Lipinski definition) is 8. The van der Waals surface area contributed by atoms with Gasteiger partial charge in [-0.3, -0.25) is 19.8 Å². The third-order valence-corrected chi connectivity index (χ3v) is 8.94. The Morgan fingerprint density at radius 2 is 2.22 bits per heavy atom. The van der Waals surface area contributed by atoms with Gasteiger partial charge in [0.1, 0.15) is 0 Å². The molecule has 1 saturated heterocycles. The van der Waals surface area contributed by atoms with Gasteiger partial charge in [0.2, 0.25) is 5.91 Å². The molecular weight excluding hydrogens is 543 g/mol. The fourth-order valence-corrected chi connectivity index (χ4v) is 6.64. The summed E-state index contributed by atoms with van der Waals surface area (Å²) in [6.45, 7) is 3.28. The second-order valence-electron chi connectivity index (χ2n) is 8.55. The third kappa shape index (κ3) is 5.69. The molecule has 12 heteroatoms. The highest BCUT2D eigenvalue weighted by molar-refractivity contribution is 8.01. The van der Waals surface area contributed by atoms with Crippen molar-refractivity contribution in [2.75, 3.05) is 32.0 Å². The fraction of sp³-hybridized carbons (Fsp3) is 0.333. The Morgan fingerprint density at radius 3 is 3.03 bits per heavy atom. The number of nitrogens with zero attached hydrogens (tertiary/aromatic N) is 3. The molecule has 5 rings (SSSR count). The van der Waals surface area contributed by atoms with Crippen LogP contribution in [0, 0.1) is 10.1 Å². The second kappa shape index (κ2) is 11.0. The molecule has 36 heavy (non-hydrogen) atoms. The van der Waals surface area contributed by atoms with E-state index in [1.165, 1.54) is 23.1 Å². The summed E-state index contributed by atoms with van der Waals surface area (Å²) in [5, 5.41) is 16.1. The Morgan fingerprint density at radius 1 is 1.36 bits per heavy atom. The number of thioether (sulfide) groups is 1. The summed E-state index contributed by atoms with van der Waals surface area (Å²) in [7, 11) is 0. The maximum atomic E-state index is 12.5. The van der Waals surface area contributed by atoms with Gasteiger partial charge in [-0.2, -0.15) is 0 Å². The Labute approximate surface area is 225 Å². The number of nitro groups is 1. The van der Waals surface area contributed by atoms with E-state index in [9.17, 15) is 14.9 Å². The summed E-state index contributed by atoms with van der Waals surface area (Å²) in [4.78, 5) is 30.3. The highest BCUT2D eigenvalue weighted by atomic mass is 35.5. The number of allylic oxidation sites excluding steroid dienone is 3. The minimum Gasteiger partial charge on any atom is -0.374 e. The zero-order chi connectivity index (χ0) is 25.2. The monoisotopic (exact) mass is 564 g/mol. The predicted molar refractivity (Wildman–Crippen MR) is 142 cm³/mol. The number of carbonyl (C=O) groups excluding carboxylic acids is 1. The lowest BCUT2D eigenvalue weighted by molar-refractivity contribution is -0.419. The molecule has 8 nitrogen and oxygen atoms in total. The quantitative estimate of drug-likeness (QED) is 0.299. The van der Waals surface area contributed by atoms with E-state index in [1.54, 1.807) is 18.2 Å². The molecule has 1 amide bonds. The van der Waals surface area contributed by atoms with Crippen molar-refractivity contribution in [3.63, 3.8) is 0 Å². The third-order valence-electron chi connectivity index (χ3n) is 6.06. The molecule has 2 aromatic rings. The van der Waals surface area contributed by atoms with Crippen molar-refractivity contribution in [2.45, 2.75) is 23.4 Å². The number of halogens is 2. The first-order chi connectivity index (χ1) is 17.4. The number of amides is 1. The van der Waals surface area contributed by atoms with Gasteiger partial charge >= 0.3 is 0 Å². The van der Waals surface area contributed by atoms with E-state index in [2.05, 4.69) is 15.2 Å². The van der Waals surface area contributed by atoms with Crippen molar-refractivity contribution in [2.24, 2.45) is 0 Å². The molecule has 0 spiro atoms. The van der Waals surface area contributed by atoms with Crippen LogP contribution in [0.2, 0.25) is 10.0 Å². The van der Waals surface area contributed by atoms with Crippen molar-refractivity contribution in [1.29, 1.82) is 0 Å². The molecule has 0 saturated carbocycles. The number of ether oxygens (including phenoxy) is 1. The summed E-state index contributed by atoms with van der Waals surface area (Å²) < 4.78 is 7.51. The van der Waals surface area contributed by atoms with Crippen molar-refractivity contribution in [3.05, 3.63) is 77.2 Å². The van der Waals surface area contributed by atoms with E-state index >= 15 is 0 Å². The number of carbonyl (C=O) groups is 1. The molecule has 1 atom stereocenters. The van der Waals surface area contributed by atoms with Gasteiger partial charge in [-0.15, -0.1) is 11.3 Å². The molecule has 0 bridgehead atoms. The van der Waals surface area contributed by atoms with Crippen LogP contribution < -0.4 is 15.2 Å². The van der Waals surface area contributed by atoms with Crippen LogP contribution in [-0.2, 0) is 16.1 Å². The number of morpholine rings is 1. The molecule has 2 heterocycles. The van der Waals surface area contributed by atoms with Gasteiger partial charge in [0.15, 0.2) is 4.34 Å². The molecule has 2 aliphatic carbocycles. The first kappa shape index (κ1) is 25.4. The number of hydrogen-bond donors (Lipinski definition) is 1. The molecule has 188 valence electrons. The average molecular weight is 566 g/mol. The molecule has 1 aromatic carbocycles.